The lowest BCUT2D eigenvalue weighted by Gasteiger charge is -2.08. The van der Waals surface area contributed by atoms with Crippen LogP contribution in [0.1, 0.15) is 23.2 Å². The zero-order valence-electron chi connectivity index (χ0n) is 12.3. The minimum atomic E-state index is 0.0618. The zero-order valence-corrected chi connectivity index (χ0v) is 12.3. The van der Waals surface area contributed by atoms with Gasteiger partial charge in [-0.1, -0.05) is 30.3 Å². The molecular weight excluding hydrogens is 262 g/mol. The number of aryl methyl sites for hydroxylation is 1. The summed E-state index contributed by atoms with van der Waals surface area (Å²) in [6.07, 6.45) is 2.24. The molecule has 0 aliphatic rings. The highest BCUT2D eigenvalue weighted by Crippen LogP contribution is 2.05. The predicted molar refractivity (Wildman–Crippen MR) is 83.6 cm³/mol. The number of rotatable bonds is 7. The van der Waals surface area contributed by atoms with Gasteiger partial charge in [-0.2, -0.15) is 0 Å². The summed E-state index contributed by atoms with van der Waals surface area (Å²) < 4.78 is 0. The third-order valence-corrected chi connectivity index (χ3v) is 3.30. The second kappa shape index (κ2) is 8.17. The number of aromatic nitrogens is 1. The van der Waals surface area contributed by atoms with Crippen LogP contribution in [0.4, 0.5) is 0 Å². The molecule has 21 heavy (non-hydrogen) atoms. The van der Waals surface area contributed by atoms with Gasteiger partial charge >= 0.3 is 0 Å². The smallest absolute Gasteiger partial charge is 0.221 e. The summed E-state index contributed by atoms with van der Waals surface area (Å²) in [7, 11) is 0. The van der Waals surface area contributed by atoms with Crippen LogP contribution < -0.4 is 10.6 Å². The highest BCUT2D eigenvalue weighted by Gasteiger charge is 2.02. The molecule has 0 aliphatic carbocycles. The lowest BCUT2D eigenvalue weighted by atomic mass is 10.1. The molecule has 0 atom stereocenters. The van der Waals surface area contributed by atoms with E-state index in [0.717, 1.165) is 11.3 Å². The van der Waals surface area contributed by atoms with Gasteiger partial charge < -0.3 is 10.6 Å². The van der Waals surface area contributed by atoms with Gasteiger partial charge in [0.25, 0.3) is 0 Å². The van der Waals surface area contributed by atoms with Crippen LogP contribution in [0.25, 0.3) is 0 Å². The van der Waals surface area contributed by atoms with E-state index < -0.39 is 0 Å². The molecule has 1 heterocycles. The molecule has 0 bridgehead atoms. The summed E-state index contributed by atoms with van der Waals surface area (Å²) in [5, 5.41) is 6.16. The van der Waals surface area contributed by atoms with Crippen molar-refractivity contribution in [3.05, 3.63) is 65.5 Å². The zero-order chi connectivity index (χ0) is 14.9. The van der Waals surface area contributed by atoms with Crippen molar-refractivity contribution in [2.45, 2.75) is 26.4 Å². The van der Waals surface area contributed by atoms with Crippen molar-refractivity contribution >= 4 is 5.91 Å². The third-order valence-electron chi connectivity index (χ3n) is 3.30. The quantitative estimate of drug-likeness (QED) is 0.766. The largest absolute Gasteiger partial charge is 0.352 e. The highest BCUT2D eigenvalue weighted by molar-refractivity contribution is 5.76. The Bertz CT molecular complexity index is 569. The minimum absolute atomic E-state index is 0.0618. The van der Waals surface area contributed by atoms with E-state index in [2.05, 4.69) is 28.6 Å². The van der Waals surface area contributed by atoms with E-state index in [-0.39, 0.29) is 5.91 Å². The van der Waals surface area contributed by atoms with Gasteiger partial charge in [0.15, 0.2) is 0 Å². The summed E-state index contributed by atoms with van der Waals surface area (Å²) in [6, 6.07) is 13.9. The molecule has 0 spiro atoms. The standard InChI is InChI=1S/C17H21N3O/c1-14-6-2-3-7-15(14)12-20-17(21)9-11-18-13-16-8-4-5-10-19-16/h2-8,10,18H,9,11-13H2,1H3,(H,20,21). The molecule has 0 aliphatic heterocycles. The lowest BCUT2D eigenvalue weighted by Crippen LogP contribution is -2.27. The predicted octanol–water partition coefficient (Wildman–Crippen LogP) is 2.19. The SMILES string of the molecule is Cc1ccccc1CNC(=O)CCNCc1ccccn1. The molecule has 0 radical (unpaired) electrons. The van der Waals surface area contributed by atoms with Crippen molar-refractivity contribution in [2.75, 3.05) is 6.54 Å². The maximum atomic E-state index is 11.8. The third kappa shape index (κ3) is 5.36. The summed E-state index contributed by atoms with van der Waals surface area (Å²) >= 11 is 0. The van der Waals surface area contributed by atoms with Gasteiger partial charge in [0.2, 0.25) is 5.91 Å². The van der Waals surface area contributed by atoms with Crippen LogP contribution in [0.5, 0.6) is 0 Å². The van der Waals surface area contributed by atoms with Crippen molar-refractivity contribution in [1.29, 1.82) is 0 Å². The number of nitrogens with zero attached hydrogens (tertiary/aromatic N) is 1. The van der Waals surface area contributed by atoms with Gasteiger partial charge in [-0.05, 0) is 30.2 Å². The van der Waals surface area contributed by atoms with Crippen molar-refractivity contribution < 1.29 is 4.79 Å². The van der Waals surface area contributed by atoms with Gasteiger partial charge in [-0.25, -0.2) is 0 Å². The van der Waals surface area contributed by atoms with E-state index in [1.807, 2.05) is 36.4 Å². The van der Waals surface area contributed by atoms with Crippen LogP contribution in [0.3, 0.4) is 0 Å². The summed E-state index contributed by atoms with van der Waals surface area (Å²) in [5.74, 6) is 0.0618. The Labute approximate surface area is 125 Å². The van der Waals surface area contributed by atoms with Crippen molar-refractivity contribution in [3.63, 3.8) is 0 Å². The van der Waals surface area contributed by atoms with Gasteiger partial charge in [0.05, 0.1) is 5.69 Å². The fourth-order valence-electron chi connectivity index (χ4n) is 2.01. The number of nitrogens with one attached hydrogen (secondary N) is 2. The molecule has 0 saturated carbocycles. The Balaban J connectivity index is 1.63. The van der Waals surface area contributed by atoms with Crippen molar-refractivity contribution in [3.8, 4) is 0 Å². The van der Waals surface area contributed by atoms with Gasteiger partial charge in [-0.3, -0.25) is 9.78 Å². The van der Waals surface area contributed by atoms with Crippen LogP contribution in [0.15, 0.2) is 48.7 Å². The van der Waals surface area contributed by atoms with Crippen molar-refractivity contribution in [2.24, 2.45) is 0 Å². The number of hydrogen-bond acceptors (Lipinski definition) is 3. The van der Waals surface area contributed by atoms with E-state index in [1.165, 1.54) is 5.56 Å². The molecule has 1 aromatic carbocycles. The van der Waals surface area contributed by atoms with E-state index in [9.17, 15) is 4.79 Å². The molecule has 0 fully saturated rings. The molecule has 4 heteroatoms. The fourth-order valence-corrected chi connectivity index (χ4v) is 2.01. The summed E-state index contributed by atoms with van der Waals surface area (Å²) in [5.41, 5.74) is 3.34. The first-order valence-corrected chi connectivity index (χ1v) is 7.17. The molecule has 2 N–H and O–H groups in total. The Morgan fingerprint density at radius 3 is 2.67 bits per heavy atom. The summed E-state index contributed by atoms with van der Waals surface area (Å²) in [4.78, 5) is 16.0. The first-order chi connectivity index (χ1) is 10.3. The van der Waals surface area contributed by atoms with Crippen LogP contribution in [-0.2, 0) is 17.9 Å². The number of carbonyl (C=O) groups is 1. The number of benzene rings is 1. The number of pyridine rings is 1. The molecular formula is C17H21N3O. The van der Waals surface area contributed by atoms with E-state index in [0.29, 0.717) is 26.1 Å². The Morgan fingerprint density at radius 2 is 1.90 bits per heavy atom. The van der Waals surface area contributed by atoms with Crippen LogP contribution in [-0.4, -0.2) is 17.4 Å². The average molecular weight is 283 g/mol. The van der Waals surface area contributed by atoms with Crippen LogP contribution in [0, 0.1) is 6.92 Å². The number of amides is 1. The minimum Gasteiger partial charge on any atom is -0.352 e. The second-order valence-electron chi connectivity index (χ2n) is 4.95. The van der Waals surface area contributed by atoms with Crippen molar-refractivity contribution in [1.82, 2.24) is 15.6 Å². The molecule has 0 unspecified atom stereocenters. The van der Waals surface area contributed by atoms with Gasteiger partial charge in [0.1, 0.15) is 0 Å². The first kappa shape index (κ1) is 15.2. The molecule has 0 saturated heterocycles. The van der Waals surface area contributed by atoms with Crippen LogP contribution >= 0.6 is 0 Å². The van der Waals surface area contributed by atoms with Gasteiger partial charge in [0, 0.05) is 32.3 Å². The number of hydrogen-bond donors (Lipinski definition) is 2. The van der Waals surface area contributed by atoms with E-state index in [4.69, 9.17) is 0 Å². The Kier molecular flexibility index (Phi) is 5.91. The molecule has 2 rings (SSSR count). The summed E-state index contributed by atoms with van der Waals surface area (Å²) in [6.45, 7) is 3.98. The number of carbonyl (C=O) groups excluding carboxylic acids is 1. The topological polar surface area (TPSA) is 54.0 Å². The molecule has 110 valence electrons. The van der Waals surface area contributed by atoms with E-state index >= 15 is 0 Å². The maximum Gasteiger partial charge on any atom is 0.221 e. The van der Waals surface area contributed by atoms with E-state index in [1.54, 1.807) is 6.20 Å². The maximum absolute atomic E-state index is 11.8. The Morgan fingerprint density at radius 1 is 1.10 bits per heavy atom. The lowest BCUT2D eigenvalue weighted by molar-refractivity contribution is -0.121. The fraction of sp³-hybridized carbons (Fsp3) is 0.294. The van der Waals surface area contributed by atoms with Crippen LogP contribution in [0.2, 0.25) is 0 Å². The first-order valence-electron chi connectivity index (χ1n) is 7.17. The molecule has 2 aromatic rings. The Hall–Kier alpha value is -2.20. The second-order valence-corrected chi connectivity index (χ2v) is 4.95. The van der Waals surface area contributed by atoms with Gasteiger partial charge in [-0.15, -0.1) is 0 Å². The normalized spacial score (nSPS) is 10.3. The monoisotopic (exact) mass is 283 g/mol. The molecule has 1 amide bonds. The highest BCUT2D eigenvalue weighted by atomic mass is 16.1. The molecule has 1 aromatic heterocycles. The average Bonchev–Trinajstić information content (AvgIpc) is 2.52. The molecule has 4 nitrogen and oxygen atoms in total.